The molecule has 3 aliphatic heterocycles. The first-order chi connectivity index (χ1) is 15.9. The molecule has 0 N–H and O–H groups in total. The van der Waals surface area contributed by atoms with Crippen LogP contribution in [0.25, 0.3) is 0 Å². The molecule has 5 rings (SSSR count). The molecule has 0 unspecified atom stereocenters. The third-order valence-corrected chi connectivity index (χ3v) is 8.65. The molecule has 0 aromatic heterocycles. The molecule has 3 aliphatic rings. The second kappa shape index (κ2) is 8.95. The second-order valence-electron chi connectivity index (χ2n) is 8.73. The number of hydrogen-bond donors (Lipinski definition) is 0. The zero-order valence-corrected chi connectivity index (χ0v) is 19.1. The topological polar surface area (TPSA) is 76.2 Å². The van der Waals surface area contributed by atoms with Crippen molar-refractivity contribution in [2.24, 2.45) is 5.92 Å². The summed E-state index contributed by atoms with van der Waals surface area (Å²) in [5.74, 6) is 0.859. The van der Waals surface area contributed by atoms with Gasteiger partial charge in [0.05, 0.1) is 10.9 Å². The van der Waals surface area contributed by atoms with Crippen molar-refractivity contribution in [1.29, 1.82) is 0 Å². The summed E-state index contributed by atoms with van der Waals surface area (Å²) >= 11 is 0. The van der Waals surface area contributed by atoms with Crippen LogP contribution >= 0.6 is 0 Å². The minimum absolute atomic E-state index is 0.00527. The molecule has 3 heterocycles. The van der Waals surface area contributed by atoms with Crippen LogP contribution < -0.4 is 9.47 Å². The largest absolute Gasteiger partial charge is 0.486 e. The average Bonchev–Trinajstić information content (AvgIpc) is 3.34. The highest BCUT2D eigenvalue weighted by molar-refractivity contribution is 7.89. The van der Waals surface area contributed by atoms with E-state index in [2.05, 4.69) is 0 Å². The molecule has 9 heteroatoms. The molecule has 0 saturated carbocycles. The lowest BCUT2D eigenvalue weighted by molar-refractivity contribution is -0.137. The number of ether oxygens (including phenoxy) is 2. The van der Waals surface area contributed by atoms with E-state index < -0.39 is 15.8 Å². The predicted octanol–water partition coefficient (Wildman–Crippen LogP) is 3.36. The van der Waals surface area contributed by atoms with Gasteiger partial charge in [0.2, 0.25) is 15.9 Å². The number of carbonyl (C=O) groups is 1. The number of fused-ring (bicyclic) bond motifs is 1. The minimum atomic E-state index is -3.69. The van der Waals surface area contributed by atoms with E-state index in [9.17, 15) is 17.6 Å². The molecular formula is C24H27FN2O5S. The van der Waals surface area contributed by atoms with E-state index in [-0.39, 0.29) is 35.9 Å². The van der Waals surface area contributed by atoms with Crippen molar-refractivity contribution < 1.29 is 27.1 Å². The monoisotopic (exact) mass is 474 g/mol. The van der Waals surface area contributed by atoms with E-state index in [1.54, 1.807) is 0 Å². The number of piperidine rings is 1. The van der Waals surface area contributed by atoms with Gasteiger partial charge in [-0.15, -0.1) is 0 Å². The Hall–Kier alpha value is -2.65. The van der Waals surface area contributed by atoms with Crippen molar-refractivity contribution in [3.63, 3.8) is 0 Å². The molecule has 2 saturated heterocycles. The van der Waals surface area contributed by atoms with Crippen LogP contribution in [0.4, 0.5) is 4.39 Å². The van der Waals surface area contributed by atoms with Crippen LogP contribution in [0.15, 0.2) is 47.4 Å². The summed E-state index contributed by atoms with van der Waals surface area (Å²) in [7, 11) is -3.69. The highest BCUT2D eigenvalue weighted by atomic mass is 32.2. The molecule has 2 fully saturated rings. The number of carbonyl (C=O) groups excluding carboxylic acids is 1. The summed E-state index contributed by atoms with van der Waals surface area (Å²) in [6.45, 7) is 2.31. The van der Waals surface area contributed by atoms with Gasteiger partial charge in [0.1, 0.15) is 19.0 Å². The lowest BCUT2D eigenvalue weighted by Gasteiger charge is -2.34. The number of sulfonamides is 1. The molecule has 0 bridgehead atoms. The first-order valence-corrected chi connectivity index (χ1v) is 12.8. The quantitative estimate of drug-likeness (QED) is 0.679. The summed E-state index contributed by atoms with van der Waals surface area (Å²) < 4.78 is 51.6. The minimum Gasteiger partial charge on any atom is -0.486 e. The lowest BCUT2D eigenvalue weighted by Crippen LogP contribution is -2.44. The van der Waals surface area contributed by atoms with Crippen LogP contribution in [0.1, 0.15) is 37.3 Å². The van der Waals surface area contributed by atoms with E-state index in [0.717, 1.165) is 42.0 Å². The molecule has 0 spiro atoms. The Morgan fingerprint density at radius 1 is 0.909 bits per heavy atom. The van der Waals surface area contributed by atoms with E-state index in [1.807, 2.05) is 23.1 Å². The molecule has 7 nitrogen and oxygen atoms in total. The Kier molecular flexibility index (Phi) is 6.01. The summed E-state index contributed by atoms with van der Waals surface area (Å²) in [5, 5.41) is 0. The van der Waals surface area contributed by atoms with Gasteiger partial charge in [-0.05, 0) is 67.6 Å². The van der Waals surface area contributed by atoms with Gasteiger partial charge in [-0.25, -0.2) is 12.8 Å². The zero-order chi connectivity index (χ0) is 23.0. The van der Waals surface area contributed by atoms with Gasteiger partial charge in [-0.3, -0.25) is 4.79 Å². The fourth-order valence-electron chi connectivity index (χ4n) is 4.98. The Balaban J connectivity index is 1.25. The predicted molar refractivity (Wildman–Crippen MR) is 119 cm³/mol. The standard InChI is InChI=1S/C24H27FN2O5S/c25-19-4-6-20(7-5-19)33(29,30)26-12-9-17(10-13-26)24(28)27-11-1-2-21(27)18-3-8-22-23(16-18)32-15-14-31-22/h3-8,16-17,21H,1-2,9-15H2/t21-/m0/s1. The number of rotatable bonds is 4. The maximum atomic E-state index is 13.4. The Labute approximate surface area is 193 Å². The molecule has 0 radical (unpaired) electrons. The third-order valence-electron chi connectivity index (χ3n) is 6.74. The van der Waals surface area contributed by atoms with Crippen LogP contribution in [0.5, 0.6) is 11.5 Å². The van der Waals surface area contributed by atoms with Crippen LogP contribution in [0.2, 0.25) is 0 Å². The van der Waals surface area contributed by atoms with Gasteiger partial charge in [0, 0.05) is 25.6 Å². The van der Waals surface area contributed by atoms with Gasteiger partial charge in [0.25, 0.3) is 0 Å². The summed E-state index contributed by atoms with van der Waals surface area (Å²) in [6, 6.07) is 10.7. The normalized spacial score (nSPS) is 21.8. The smallest absolute Gasteiger partial charge is 0.243 e. The van der Waals surface area contributed by atoms with Crippen LogP contribution in [0, 0.1) is 11.7 Å². The number of hydrogen-bond acceptors (Lipinski definition) is 5. The molecule has 2 aromatic rings. The van der Waals surface area contributed by atoms with Gasteiger partial charge in [0.15, 0.2) is 11.5 Å². The Morgan fingerprint density at radius 2 is 1.61 bits per heavy atom. The van der Waals surface area contributed by atoms with Gasteiger partial charge < -0.3 is 14.4 Å². The number of benzene rings is 2. The molecule has 2 aromatic carbocycles. The number of halogens is 1. The fourth-order valence-corrected chi connectivity index (χ4v) is 6.45. The molecule has 1 atom stereocenters. The maximum Gasteiger partial charge on any atom is 0.243 e. The number of amides is 1. The molecule has 176 valence electrons. The lowest BCUT2D eigenvalue weighted by atomic mass is 9.95. The van der Waals surface area contributed by atoms with Crippen molar-refractivity contribution in [3.05, 3.63) is 53.8 Å². The molecular weight excluding hydrogens is 447 g/mol. The van der Waals surface area contributed by atoms with Crippen molar-refractivity contribution >= 4 is 15.9 Å². The van der Waals surface area contributed by atoms with Crippen molar-refractivity contribution in [3.8, 4) is 11.5 Å². The summed E-state index contributed by atoms with van der Waals surface area (Å²) in [6.07, 6.45) is 2.78. The van der Waals surface area contributed by atoms with E-state index >= 15 is 0 Å². The van der Waals surface area contributed by atoms with E-state index in [1.165, 1.54) is 16.4 Å². The zero-order valence-electron chi connectivity index (χ0n) is 18.3. The van der Waals surface area contributed by atoms with Gasteiger partial charge in [-0.2, -0.15) is 4.31 Å². The van der Waals surface area contributed by atoms with Crippen LogP contribution in [-0.4, -0.2) is 56.4 Å². The SMILES string of the molecule is O=C(C1CCN(S(=O)(=O)c2ccc(F)cc2)CC1)N1CCC[C@H]1c1ccc2c(c1)OCCO2. The van der Waals surface area contributed by atoms with E-state index in [0.29, 0.717) is 32.6 Å². The fraction of sp³-hybridized carbons (Fsp3) is 0.458. The summed E-state index contributed by atoms with van der Waals surface area (Å²) in [4.78, 5) is 15.4. The molecule has 0 aliphatic carbocycles. The average molecular weight is 475 g/mol. The first kappa shape index (κ1) is 22.2. The highest BCUT2D eigenvalue weighted by Gasteiger charge is 2.38. The number of nitrogens with zero attached hydrogens (tertiary/aromatic N) is 2. The van der Waals surface area contributed by atoms with Crippen molar-refractivity contribution in [1.82, 2.24) is 9.21 Å². The van der Waals surface area contributed by atoms with Gasteiger partial charge >= 0.3 is 0 Å². The first-order valence-electron chi connectivity index (χ1n) is 11.4. The molecule has 33 heavy (non-hydrogen) atoms. The Morgan fingerprint density at radius 3 is 2.33 bits per heavy atom. The van der Waals surface area contributed by atoms with Crippen molar-refractivity contribution in [2.75, 3.05) is 32.8 Å². The van der Waals surface area contributed by atoms with E-state index in [4.69, 9.17) is 9.47 Å². The highest BCUT2D eigenvalue weighted by Crippen LogP contribution is 2.39. The third kappa shape index (κ3) is 4.31. The van der Waals surface area contributed by atoms with Crippen LogP contribution in [-0.2, 0) is 14.8 Å². The van der Waals surface area contributed by atoms with Crippen molar-refractivity contribution in [2.45, 2.75) is 36.6 Å². The molecule has 1 amide bonds. The second-order valence-corrected chi connectivity index (χ2v) is 10.7. The summed E-state index contributed by atoms with van der Waals surface area (Å²) in [5.41, 5.74) is 1.04. The number of likely N-dealkylation sites (tertiary alicyclic amines) is 1. The van der Waals surface area contributed by atoms with Crippen LogP contribution in [0.3, 0.4) is 0 Å². The maximum absolute atomic E-state index is 13.4. The Bertz CT molecular complexity index is 1130. The van der Waals surface area contributed by atoms with Gasteiger partial charge in [-0.1, -0.05) is 6.07 Å².